The molecule has 3 N–H and O–H groups in total. The van der Waals surface area contributed by atoms with Crippen LogP contribution in [-0.2, 0) is 10.0 Å². The molecule has 1 aromatic carbocycles. The SMILES string of the molecule is Cc1cc(S(=O)(=O)N(C)CC(C)O)cc(N)c1C. The number of sulfonamides is 1. The van der Waals surface area contributed by atoms with Gasteiger partial charge >= 0.3 is 0 Å². The number of aliphatic hydroxyl groups is 1. The molecule has 0 amide bonds. The number of nitrogens with two attached hydrogens (primary N) is 1. The van der Waals surface area contributed by atoms with Crippen molar-refractivity contribution in [1.29, 1.82) is 0 Å². The van der Waals surface area contributed by atoms with Gasteiger partial charge in [-0.05, 0) is 44.0 Å². The first kappa shape index (κ1) is 14.9. The Morgan fingerprint density at radius 1 is 1.39 bits per heavy atom. The fourth-order valence-electron chi connectivity index (χ4n) is 1.65. The Hall–Kier alpha value is -1.11. The minimum Gasteiger partial charge on any atom is -0.398 e. The number of likely N-dealkylation sites (N-methyl/N-ethyl adjacent to an activating group) is 1. The fourth-order valence-corrected chi connectivity index (χ4v) is 3.03. The van der Waals surface area contributed by atoms with E-state index in [1.807, 2.05) is 13.8 Å². The molecule has 1 unspecified atom stereocenters. The predicted molar refractivity (Wildman–Crippen MR) is 71.8 cm³/mol. The molecule has 1 rings (SSSR count). The average Bonchev–Trinajstić information content (AvgIpc) is 2.24. The molecule has 0 saturated heterocycles. The number of aliphatic hydroxyl groups excluding tert-OH is 1. The summed E-state index contributed by atoms with van der Waals surface area (Å²) in [7, 11) is -2.16. The molecule has 0 aliphatic heterocycles. The average molecular weight is 272 g/mol. The van der Waals surface area contributed by atoms with E-state index in [2.05, 4.69) is 0 Å². The number of hydrogen-bond donors (Lipinski definition) is 2. The predicted octanol–water partition coefficient (Wildman–Crippen LogP) is 0.887. The fraction of sp³-hybridized carbons (Fsp3) is 0.500. The number of rotatable bonds is 4. The highest BCUT2D eigenvalue weighted by Crippen LogP contribution is 2.23. The summed E-state index contributed by atoms with van der Waals surface area (Å²) in [5.41, 5.74) is 7.96. The van der Waals surface area contributed by atoms with Gasteiger partial charge in [-0.15, -0.1) is 0 Å². The zero-order valence-electron chi connectivity index (χ0n) is 11.1. The molecule has 0 bridgehead atoms. The summed E-state index contributed by atoms with van der Waals surface area (Å²) < 4.78 is 25.6. The lowest BCUT2D eigenvalue weighted by molar-refractivity contribution is 0.171. The van der Waals surface area contributed by atoms with Crippen molar-refractivity contribution in [2.24, 2.45) is 0 Å². The van der Waals surface area contributed by atoms with Crippen LogP contribution in [0.25, 0.3) is 0 Å². The van der Waals surface area contributed by atoms with Crippen LogP contribution in [0.2, 0.25) is 0 Å². The van der Waals surface area contributed by atoms with Gasteiger partial charge in [0.2, 0.25) is 10.0 Å². The molecule has 0 radical (unpaired) electrons. The van der Waals surface area contributed by atoms with E-state index in [9.17, 15) is 13.5 Å². The maximum Gasteiger partial charge on any atom is 0.242 e. The first-order valence-corrected chi connectivity index (χ1v) is 7.11. The van der Waals surface area contributed by atoms with Crippen molar-refractivity contribution in [2.75, 3.05) is 19.3 Å². The molecule has 0 aromatic heterocycles. The van der Waals surface area contributed by atoms with E-state index in [-0.39, 0.29) is 11.4 Å². The first-order chi connectivity index (χ1) is 8.16. The lowest BCUT2D eigenvalue weighted by Gasteiger charge is -2.19. The van der Waals surface area contributed by atoms with E-state index in [1.165, 1.54) is 13.1 Å². The first-order valence-electron chi connectivity index (χ1n) is 5.67. The Balaban J connectivity index is 3.21. The van der Waals surface area contributed by atoms with Gasteiger partial charge in [-0.3, -0.25) is 0 Å². The molecular formula is C12H20N2O3S. The third-order valence-electron chi connectivity index (χ3n) is 2.91. The number of nitrogens with zero attached hydrogens (tertiary/aromatic N) is 1. The van der Waals surface area contributed by atoms with Crippen LogP contribution in [0.3, 0.4) is 0 Å². The molecule has 1 atom stereocenters. The minimum atomic E-state index is -3.60. The van der Waals surface area contributed by atoms with Gasteiger partial charge in [0, 0.05) is 19.3 Å². The van der Waals surface area contributed by atoms with Gasteiger partial charge in [-0.1, -0.05) is 0 Å². The van der Waals surface area contributed by atoms with Crippen LogP contribution in [0.4, 0.5) is 5.69 Å². The lowest BCUT2D eigenvalue weighted by Crippen LogP contribution is -2.33. The van der Waals surface area contributed by atoms with Gasteiger partial charge < -0.3 is 10.8 Å². The Kier molecular flexibility index (Phi) is 4.37. The summed E-state index contributed by atoms with van der Waals surface area (Å²) in [4.78, 5) is 0.159. The second-order valence-corrected chi connectivity index (χ2v) is 6.63. The molecule has 0 aliphatic rings. The summed E-state index contributed by atoms with van der Waals surface area (Å²) in [5, 5.41) is 9.26. The largest absolute Gasteiger partial charge is 0.398 e. The summed E-state index contributed by atoms with van der Waals surface area (Å²) in [5.74, 6) is 0. The zero-order chi connectivity index (χ0) is 14.1. The van der Waals surface area contributed by atoms with Crippen molar-refractivity contribution in [1.82, 2.24) is 4.31 Å². The Labute approximate surface area is 108 Å². The molecule has 0 fully saturated rings. The van der Waals surface area contributed by atoms with Crippen LogP contribution in [-0.4, -0.2) is 37.5 Å². The summed E-state index contributed by atoms with van der Waals surface area (Å²) >= 11 is 0. The Bertz CT molecular complexity index is 515. The molecule has 6 heteroatoms. The topological polar surface area (TPSA) is 83.6 Å². The molecule has 5 nitrogen and oxygen atoms in total. The van der Waals surface area contributed by atoms with Gasteiger partial charge in [0.25, 0.3) is 0 Å². The Morgan fingerprint density at radius 2 is 1.94 bits per heavy atom. The zero-order valence-corrected chi connectivity index (χ0v) is 12.0. The normalized spacial score (nSPS) is 13.9. The molecule has 18 heavy (non-hydrogen) atoms. The highest BCUT2D eigenvalue weighted by Gasteiger charge is 2.22. The smallest absolute Gasteiger partial charge is 0.242 e. The molecular weight excluding hydrogens is 252 g/mol. The van der Waals surface area contributed by atoms with Crippen molar-refractivity contribution in [3.63, 3.8) is 0 Å². The highest BCUT2D eigenvalue weighted by molar-refractivity contribution is 7.89. The standard InChI is InChI=1S/C12H20N2O3S/c1-8-5-11(6-12(13)10(8)3)18(16,17)14(4)7-9(2)15/h5-6,9,15H,7,13H2,1-4H3. The van der Waals surface area contributed by atoms with E-state index >= 15 is 0 Å². The number of benzene rings is 1. The van der Waals surface area contributed by atoms with Crippen molar-refractivity contribution in [2.45, 2.75) is 31.8 Å². The number of nitrogen functional groups attached to an aromatic ring is 1. The molecule has 0 heterocycles. The van der Waals surface area contributed by atoms with E-state index in [1.54, 1.807) is 13.0 Å². The van der Waals surface area contributed by atoms with Crippen molar-refractivity contribution in [3.05, 3.63) is 23.3 Å². The van der Waals surface area contributed by atoms with Crippen LogP contribution in [0.1, 0.15) is 18.1 Å². The van der Waals surface area contributed by atoms with Crippen LogP contribution in [0, 0.1) is 13.8 Å². The highest BCUT2D eigenvalue weighted by atomic mass is 32.2. The van der Waals surface area contributed by atoms with Gasteiger partial charge in [-0.25, -0.2) is 8.42 Å². The van der Waals surface area contributed by atoms with Gasteiger partial charge in [0.05, 0.1) is 11.0 Å². The van der Waals surface area contributed by atoms with E-state index in [0.717, 1.165) is 15.4 Å². The van der Waals surface area contributed by atoms with Crippen molar-refractivity contribution >= 4 is 15.7 Å². The number of aryl methyl sites for hydroxylation is 1. The third kappa shape index (κ3) is 3.01. The summed E-state index contributed by atoms with van der Waals surface area (Å²) in [6.07, 6.45) is -0.714. The van der Waals surface area contributed by atoms with Crippen LogP contribution in [0.15, 0.2) is 17.0 Å². The van der Waals surface area contributed by atoms with Crippen molar-refractivity contribution in [3.8, 4) is 0 Å². The lowest BCUT2D eigenvalue weighted by atomic mass is 10.1. The van der Waals surface area contributed by atoms with Crippen LogP contribution < -0.4 is 5.73 Å². The quantitative estimate of drug-likeness (QED) is 0.797. The second-order valence-electron chi connectivity index (χ2n) is 4.59. The summed E-state index contributed by atoms with van der Waals surface area (Å²) in [6.45, 7) is 5.26. The minimum absolute atomic E-state index is 0.0508. The maximum absolute atomic E-state index is 12.2. The monoisotopic (exact) mass is 272 g/mol. The molecule has 102 valence electrons. The van der Waals surface area contributed by atoms with Gasteiger partial charge in [0.1, 0.15) is 0 Å². The van der Waals surface area contributed by atoms with Crippen molar-refractivity contribution < 1.29 is 13.5 Å². The van der Waals surface area contributed by atoms with Gasteiger partial charge in [-0.2, -0.15) is 4.31 Å². The molecule has 0 aliphatic carbocycles. The summed E-state index contributed by atoms with van der Waals surface area (Å²) in [6, 6.07) is 3.05. The number of hydrogen-bond acceptors (Lipinski definition) is 4. The van der Waals surface area contributed by atoms with E-state index < -0.39 is 16.1 Å². The Morgan fingerprint density at radius 3 is 2.39 bits per heavy atom. The molecule has 0 spiro atoms. The van der Waals surface area contributed by atoms with Crippen LogP contribution in [0.5, 0.6) is 0 Å². The van der Waals surface area contributed by atoms with E-state index in [0.29, 0.717) is 5.69 Å². The number of anilines is 1. The third-order valence-corrected chi connectivity index (χ3v) is 4.71. The molecule has 0 saturated carbocycles. The van der Waals surface area contributed by atoms with E-state index in [4.69, 9.17) is 5.73 Å². The second kappa shape index (κ2) is 5.26. The van der Waals surface area contributed by atoms with Gasteiger partial charge in [0.15, 0.2) is 0 Å². The van der Waals surface area contributed by atoms with Crippen LogP contribution >= 0.6 is 0 Å². The maximum atomic E-state index is 12.2. The molecule has 1 aromatic rings.